The molecule has 21 heavy (non-hydrogen) atoms. The summed E-state index contributed by atoms with van der Waals surface area (Å²) in [6, 6.07) is 0. The SMILES string of the molecule is CCOC(=O)[C@H]1C[C@@](N)(C(=O)OCC)C[C@H]1C(=O)OCC. The molecule has 0 spiro atoms. The van der Waals surface area contributed by atoms with Crippen LogP contribution >= 0.6 is 0 Å². The Morgan fingerprint density at radius 1 is 0.905 bits per heavy atom. The summed E-state index contributed by atoms with van der Waals surface area (Å²) in [5.74, 6) is -3.23. The molecule has 0 bridgehead atoms. The minimum absolute atomic E-state index is 0.0220. The second kappa shape index (κ2) is 7.40. The normalized spacial score (nSPS) is 28.0. The summed E-state index contributed by atoms with van der Waals surface area (Å²) in [5.41, 5.74) is 4.69. The summed E-state index contributed by atoms with van der Waals surface area (Å²) >= 11 is 0. The van der Waals surface area contributed by atoms with Crippen molar-refractivity contribution in [3.63, 3.8) is 0 Å². The number of rotatable bonds is 6. The second-order valence-electron chi connectivity index (χ2n) is 5.00. The molecule has 0 unspecified atom stereocenters. The van der Waals surface area contributed by atoms with Crippen LogP contribution in [0.15, 0.2) is 0 Å². The van der Waals surface area contributed by atoms with Gasteiger partial charge in [0.2, 0.25) is 0 Å². The van der Waals surface area contributed by atoms with Crippen molar-refractivity contribution in [3.05, 3.63) is 0 Å². The molecule has 0 aliphatic heterocycles. The molecule has 120 valence electrons. The third kappa shape index (κ3) is 3.93. The minimum atomic E-state index is -1.36. The van der Waals surface area contributed by atoms with Crippen molar-refractivity contribution in [1.29, 1.82) is 0 Å². The molecule has 0 aromatic rings. The van der Waals surface area contributed by atoms with Crippen molar-refractivity contribution in [2.45, 2.75) is 39.2 Å². The van der Waals surface area contributed by atoms with E-state index in [0.717, 1.165) is 0 Å². The largest absolute Gasteiger partial charge is 0.466 e. The van der Waals surface area contributed by atoms with E-state index in [9.17, 15) is 14.4 Å². The Bertz CT molecular complexity index is 382. The molecule has 1 saturated carbocycles. The number of ether oxygens (including phenoxy) is 3. The van der Waals surface area contributed by atoms with Gasteiger partial charge in [0.25, 0.3) is 0 Å². The van der Waals surface area contributed by atoms with E-state index in [-0.39, 0.29) is 32.7 Å². The molecule has 0 amide bonds. The fourth-order valence-electron chi connectivity index (χ4n) is 2.59. The molecule has 1 rings (SSSR count). The molecule has 1 aliphatic carbocycles. The van der Waals surface area contributed by atoms with Crippen LogP contribution in [0.5, 0.6) is 0 Å². The van der Waals surface area contributed by atoms with Crippen LogP contribution in [0.2, 0.25) is 0 Å². The van der Waals surface area contributed by atoms with Crippen molar-refractivity contribution in [2.75, 3.05) is 19.8 Å². The zero-order chi connectivity index (χ0) is 16.0. The van der Waals surface area contributed by atoms with Crippen LogP contribution in [0.3, 0.4) is 0 Å². The van der Waals surface area contributed by atoms with Crippen molar-refractivity contribution < 1.29 is 28.6 Å². The zero-order valence-corrected chi connectivity index (χ0v) is 12.7. The molecule has 1 aliphatic rings. The van der Waals surface area contributed by atoms with Gasteiger partial charge in [0.1, 0.15) is 5.54 Å². The van der Waals surface area contributed by atoms with Crippen LogP contribution in [-0.4, -0.2) is 43.3 Å². The van der Waals surface area contributed by atoms with Gasteiger partial charge in [-0.1, -0.05) is 0 Å². The van der Waals surface area contributed by atoms with Gasteiger partial charge in [0, 0.05) is 0 Å². The number of esters is 3. The van der Waals surface area contributed by atoms with Gasteiger partial charge in [0.05, 0.1) is 31.7 Å². The van der Waals surface area contributed by atoms with E-state index in [1.165, 1.54) is 0 Å². The fraction of sp³-hybridized carbons (Fsp3) is 0.786. The van der Waals surface area contributed by atoms with Crippen LogP contribution < -0.4 is 5.73 Å². The van der Waals surface area contributed by atoms with Gasteiger partial charge < -0.3 is 19.9 Å². The third-order valence-electron chi connectivity index (χ3n) is 3.51. The summed E-state index contributed by atoms with van der Waals surface area (Å²) in [7, 11) is 0. The van der Waals surface area contributed by atoms with E-state index in [0.29, 0.717) is 0 Å². The van der Waals surface area contributed by atoms with Gasteiger partial charge in [-0.15, -0.1) is 0 Å². The number of hydrogen-bond donors (Lipinski definition) is 1. The molecule has 0 heterocycles. The molecular formula is C14H23NO6. The first kappa shape index (κ1) is 17.4. The Labute approximate surface area is 124 Å². The quantitative estimate of drug-likeness (QED) is 0.559. The smallest absolute Gasteiger partial charge is 0.326 e. The van der Waals surface area contributed by atoms with E-state index >= 15 is 0 Å². The highest BCUT2D eigenvalue weighted by atomic mass is 16.5. The Kier molecular flexibility index (Phi) is 6.14. The van der Waals surface area contributed by atoms with Crippen molar-refractivity contribution in [1.82, 2.24) is 0 Å². The van der Waals surface area contributed by atoms with Crippen LogP contribution in [0.1, 0.15) is 33.6 Å². The van der Waals surface area contributed by atoms with E-state index < -0.39 is 35.3 Å². The molecule has 0 aromatic heterocycles. The van der Waals surface area contributed by atoms with Crippen LogP contribution in [0.4, 0.5) is 0 Å². The molecule has 3 atom stereocenters. The third-order valence-corrected chi connectivity index (χ3v) is 3.51. The van der Waals surface area contributed by atoms with E-state index in [4.69, 9.17) is 19.9 Å². The van der Waals surface area contributed by atoms with E-state index in [2.05, 4.69) is 0 Å². The Morgan fingerprint density at radius 3 is 1.62 bits per heavy atom. The lowest BCUT2D eigenvalue weighted by molar-refractivity contribution is -0.158. The van der Waals surface area contributed by atoms with Crippen molar-refractivity contribution in [2.24, 2.45) is 17.6 Å². The maximum Gasteiger partial charge on any atom is 0.326 e. The maximum absolute atomic E-state index is 12.0. The first-order valence-electron chi connectivity index (χ1n) is 7.19. The standard InChI is InChI=1S/C14H23NO6/c1-4-19-11(16)9-7-14(15,13(18)21-6-3)8-10(9)12(17)20-5-2/h9-10H,4-8,15H2,1-3H3/t9-,10+,14-. The Balaban J connectivity index is 2.95. The lowest BCUT2D eigenvalue weighted by atomic mass is 9.96. The second-order valence-corrected chi connectivity index (χ2v) is 5.00. The van der Waals surface area contributed by atoms with E-state index in [1.54, 1.807) is 20.8 Å². The molecule has 0 saturated heterocycles. The molecule has 1 fully saturated rings. The molecule has 0 aromatic carbocycles. The summed E-state index contributed by atoms with van der Waals surface area (Å²) < 4.78 is 14.9. The average Bonchev–Trinajstić information content (AvgIpc) is 2.79. The summed E-state index contributed by atoms with van der Waals surface area (Å²) in [6.45, 7) is 5.60. The van der Waals surface area contributed by atoms with Gasteiger partial charge in [-0.25, -0.2) is 0 Å². The first-order valence-corrected chi connectivity index (χ1v) is 7.19. The molecule has 7 nitrogen and oxygen atoms in total. The molecule has 0 radical (unpaired) electrons. The maximum atomic E-state index is 12.0. The fourth-order valence-corrected chi connectivity index (χ4v) is 2.59. The van der Waals surface area contributed by atoms with E-state index in [1.807, 2.05) is 0 Å². The predicted molar refractivity (Wildman–Crippen MR) is 73.0 cm³/mol. The molecule has 7 heteroatoms. The number of nitrogens with two attached hydrogens (primary N) is 1. The summed E-state index contributed by atoms with van der Waals surface area (Å²) in [4.78, 5) is 36.0. The van der Waals surface area contributed by atoms with Gasteiger partial charge in [-0.3, -0.25) is 14.4 Å². The Hall–Kier alpha value is -1.63. The molecule has 2 N–H and O–H groups in total. The first-order chi connectivity index (χ1) is 9.89. The lowest BCUT2D eigenvalue weighted by Crippen LogP contribution is -2.47. The number of hydrogen-bond acceptors (Lipinski definition) is 7. The molecular weight excluding hydrogens is 278 g/mol. The number of carbonyl (C=O) groups excluding carboxylic acids is 3. The highest BCUT2D eigenvalue weighted by Gasteiger charge is 2.54. The average molecular weight is 301 g/mol. The van der Waals surface area contributed by atoms with Crippen molar-refractivity contribution >= 4 is 17.9 Å². The Morgan fingerprint density at radius 2 is 1.29 bits per heavy atom. The van der Waals surface area contributed by atoms with Crippen LogP contribution in [-0.2, 0) is 28.6 Å². The monoisotopic (exact) mass is 301 g/mol. The topological polar surface area (TPSA) is 105 Å². The van der Waals surface area contributed by atoms with Crippen LogP contribution in [0.25, 0.3) is 0 Å². The van der Waals surface area contributed by atoms with Crippen LogP contribution in [0, 0.1) is 11.8 Å². The number of carbonyl (C=O) groups is 3. The van der Waals surface area contributed by atoms with Gasteiger partial charge in [-0.05, 0) is 33.6 Å². The zero-order valence-electron chi connectivity index (χ0n) is 12.7. The minimum Gasteiger partial charge on any atom is -0.466 e. The highest BCUT2D eigenvalue weighted by molar-refractivity contribution is 5.88. The van der Waals surface area contributed by atoms with Gasteiger partial charge in [-0.2, -0.15) is 0 Å². The highest BCUT2D eigenvalue weighted by Crippen LogP contribution is 2.40. The summed E-state index contributed by atoms with van der Waals surface area (Å²) in [5, 5.41) is 0. The summed E-state index contributed by atoms with van der Waals surface area (Å²) in [6.07, 6.45) is 0.0439. The van der Waals surface area contributed by atoms with Crippen molar-refractivity contribution in [3.8, 4) is 0 Å². The van der Waals surface area contributed by atoms with Gasteiger partial charge in [0.15, 0.2) is 0 Å². The predicted octanol–water partition coefficient (Wildman–Crippen LogP) is 0.399. The lowest BCUT2D eigenvalue weighted by Gasteiger charge is -2.21. The van der Waals surface area contributed by atoms with Gasteiger partial charge >= 0.3 is 17.9 Å².